The minimum absolute atomic E-state index is 0.0155. The molecule has 1 atom stereocenters. The summed E-state index contributed by atoms with van der Waals surface area (Å²) in [7, 11) is -0.311. The molecule has 7 heteroatoms. The number of hydrogen-bond donors (Lipinski definition) is 1. The molecular formula is C13H21N3O3S. The maximum atomic E-state index is 12.6. The predicted molar refractivity (Wildman–Crippen MR) is 77.2 cm³/mol. The second-order valence-corrected chi connectivity index (χ2v) is 6.89. The van der Waals surface area contributed by atoms with Crippen molar-refractivity contribution >= 4 is 15.8 Å². The van der Waals surface area contributed by atoms with Crippen molar-refractivity contribution in [2.45, 2.75) is 30.3 Å². The number of aromatic nitrogens is 1. The largest absolute Gasteiger partial charge is 0.377 e. The minimum atomic E-state index is -3.55. The van der Waals surface area contributed by atoms with Gasteiger partial charge < -0.3 is 10.1 Å². The standard InChI is InChI=1S/C13H21N3O3S/c1-14-13-12(7-5-8-15-13)20(17,18)16(2)10-11-6-3-4-9-19-11/h5,7-8,11H,3-4,6,9-10H2,1-2H3,(H,14,15). The molecule has 1 N–H and O–H groups in total. The van der Waals surface area contributed by atoms with Crippen LogP contribution in [0, 0.1) is 0 Å². The van der Waals surface area contributed by atoms with E-state index >= 15 is 0 Å². The Morgan fingerprint density at radius 3 is 2.95 bits per heavy atom. The van der Waals surface area contributed by atoms with Gasteiger partial charge in [0.25, 0.3) is 0 Å². The monoisotopic (exact) mass is 299 g/mol. The molecular weight excluding hydrogens is 278 g/mol. The number of anilines is 1. The summed E-state index contributed by atoms with van der Waals surface area (Å²) in [6.45, 7) is 1.09. The van der Waals surface area contributed by atoms with Gasteiger partial charge in [0.2, 0.25) is 10.0 Å². The maximum Gasteiger partial charge on any atom is 0.246 e. The van der Waals surface area contributed by atoms with Crippen molar-refractivity contribution in [2.75, 3.05) is 32.6 Å². The molecule has 1 aliphatic rings. The van der Waals surface area contributed by atoms with Crippen molar-refractivity contribution in [1.82, 2.24) is 9.29 Å². The Balaban J connectivity index is 2.16. The van der Waals surface area contributed by atoms with Crippen LogP contribution in [-0.4, -0.2) is 51.1 Å². The van der Waals surface area contributed by atoms with E-state index in [1.807, 2.05) is 0 Å². The first-order valence-electron chi connectivity index (χ1n) is 6.76. The molecule has 1 aromatic heterocycles. The van der Waals surface area contributed by atoms with Crippen LogP contribution >= 0.6 is 0 Å². The van der Waals surface area contributed by atoms with Gasteiger partial charge in [0.05, 0.1) is 6.10 Å². The number of hydrogen-bond acceptors (Lipinski definition) is 5. The van der Waals surface area contributed by atoms with Crippen LogP contribution < -0.4 is 5.32 Å². The average molecular weight is 299 g/mol. The molecule has 2 heterocycles. The van der Waals surface area contributed by atoms with E-state index < -0.39 is 10.0 Å². The van der Waals surface area contributed by atoms with Crippen LogP contribution in [-0.2, 0) is 14.8 Å². The van der Waals surface area contributed by atoms with Crippen LogP contribution in [0.25, 0.3) is 0 Å². The fourth-order valence-electron chi connectivity index (χ4n) is 2.29. The van der Waals surface area contributed by atoms with E-state index in [0.717, 1.165) is 19.3 Å². The summed E-state index contributed by atoms with van der Waals surface area (Å²) in [5.74, 6) is 0.365. The fourth-order valence-corrected chi connectivity index (χ4v) is 3.64. The lowest BCUT2D eigenvalue weighted by molar-refractivity contribution is 0.00859. The molecule has 1 aromatic rings. The van der Waals surface area contributed by atoms with E-state index in [2.05, 4.69) is 10.3 Å². The molecule has 1 unspecified atom stereocenters. The van der Waals surface area contributed by atoms with Crippen molar-refractivity contribution in [2.24, 2.45) is 0 Å². The minimum Gasteiger partial charge on any atom is -0.377 e. The highest BCUT2D eigenvalue weighted by molar-refractivity contribution is 7.89. The van der Waals surface area contributed by atoms with Gasteiger partial charge in [0.1, 0.15) is 10.7 Å². The molecule has 0 amide bonds. The van der Waals surface area contributed by atoms with Crippen molar-refractivity contribution in [3.63, 3.8) is 0 Å². The number of ether oxygens (including phenoxy) is 1. The number of nitrogens with one attached hydrogen (secondary N) is 1. The number of nitrogens with zero attached hydrogens (tertiary/aromatic N) is 2. The molecule has 1 saturated heterocycles. The zero-order chi connectivity index (χ0) is 14.6. The Morgan fingerprint density at radius 2 is 2.30 bits per heavy atom. The van der Waals surface area contributed by atoms with E-state index in [1.165, 1.54) is 4.31 Å². The number of sulfonamides is 1. The Kier molecular flexibility index (Phi) is 4.95. The summed E-state index contributed by atoms with van der Waals surface area (Å²) in [5.41, 5.74) is 0. The lowest BCUT2D eigenvalue weighted by atomic mass is 10.1. The first kappa shape index (κ1) is 15.2. The average Bonchev–Trinajstić information content (AvgIpc) is 2.48. The molecule has 20 heavy (non-hydrogen) atoms. The van der Waals surface area contributed by atoms with Gasteiger partial charge in [0.15, 0.2) is 0 Å². The third kappa shape index (κ3) is 3.28. The predicted octanol–water partition coefficient (Wildman–Crippen LogP) is 1.31. The second-order valence-electron chi connectivity index (χ2n) is 4.87. The van der Waals surface area contributed by atoms with Gasteiger partial charge in [-0.25, -0.2) is 13.4 Å². The first-order chi connectivity index (χ1) is 9.55. The van der Waals surface area contributed by atoms with E-state index in [9.17, 15) is 8.42 Å². The van der Waals surface area contributed by atoms with E-state index in [0.29, 0.717) is 19.0 Å². The van der Waals surface area contributed by atoms with E-state index in [-0.39, 0.29) is 11.0 Å². The van der Waals surface area contributed by atoms with Gasteiger partial charge >= 0.3 is 0 Å². The molecule has 0 aromatic carbocycles. The highest BCUT2D eigenvalue weighted by Crippen LogP contribution is 2.22. The summed E-state index contributed by atoms with van der Waals surface area (Å²) in [6.07, 6.45) is 4.60. The summed E-state index contributed by atoms with van der Waals surface area (Å²) >= 11 is 0. The van der Waals surface area contributed by atoms with Crippen LogP contribution in [0.5, 0.6) is 0 Å². The SMILES string of the molecule is CNc1ncccc1S(=O)(=O)N(C)CC1CCCCO1. The van der Waals surface area contributed by atoms with Crippen LogP contribution in [0.2, 0.25) is 0 Å². The molecule has 0 saturated carbocycles. The third-order valence-corrected chi connectivity index (χ3v) is 5.29. The molecule has 1 fully saturated rings. The number of likely N-dealkylation sites (N-methyl/N-ethyl adjacent to an activating group) is 1. The topological polar surface area (TPSA) is 71.5 Å². The summed E-state index contributed by atoms with van der Waals surface area (Å²) in [6, 6.07) is 3.19. The first-order valence-corrected chi connectivity index (χ1v) is 8.20. The van der Waals surface area contributed by atoms with Crippen molar-refractivity contribution in [3.05, 3.63) is 18.3 Å². The fraction of sp³-hybridized carbons (Fsp3) is 0.615. The highest BCUT2D eigenvalue weighted by atomic mass is 32.2. The van der Waals surface area contributed by atoms with E-state index in [1.54, 1.807) is 32.4 Å². The van der Waals surface area contributed by atoms with Gasteiger partial charge in [-0.15, -0.1) is 0 Å². The van der Waals surface area contributed by atoms with E-state index in [4.69, 9.17) is 4.74 Å². The summed E-state index contributed by atoms with van der Waals surface area (Å²) < 4.78 is 32.1. The lowest BCUT2D eigenvalue weighted by Crippen LogP contribution is -2.37. The van der Waals surface area contributed by atoms with Crippen LogP contribution in [0.1, 0.15) is 19.3 Å². The highest BCUT2D eigenvalue weighted by Gasteiger charge is 2.27. The zero-order valence-corrected chi connectivity index (χ0v) is 12.7. The molecule has 0 aliphatic carbocycles. The lowest BCUT2D eigenvalue weighted by Gasteiger charge is -2.27. The molecule has 1 aliphatic heterocycles. The molecule has 0 bridgehead atoms. The Labute approximate surface area is 120 Å². The second kappa shape index (κ2) is 6.51. The van der Waals surface area contributed by atoms with Crippen LogP contribution in [0.15, 0.2) is 23.2 Å². The van der Waals surface area contributed by atoms with Crippen molar-refractivity contribution < 1.29 is 13.2 Å². The normalized spacial score (nSPS) is 20.1. The van der Waals surface area contributed by atoms with Crippen LogP contribution in [0.3, 0.4) is 0 Å². The Morgan fingerprint density at radius 1 is 1.50 bits per heavy atom. The van der Waals surface area contributed by atoms with Crippen molar-refractivity contribution in [1.29, 1.82) is 0 Å². The molecule has 2 rings (SSSR count). The number of rotatable bonds is 5. The smallest absolute Gasteiger partial charge is 0.246 e. The number of pyridine rings is 1. The van der Waals surface area contributed by atoms with Crippen LogP contribution in [0.4, 0.5) is 5.82 Å². The van der Waals surface area contributed by atoms with Gasteiger partial charge in [-0.05, 0) is 31.4 Å². The van der Waals surface area contributed by atoms with Gasteiger partial charge in [0, 0.05) is 33.4 Å². The van der Waals surface area contributed by atoms with Crippen molar-refractivity contribution in [3.8, 4) is 0 Å². The van der Waals surface area contributed by atoms with Gasteiger partial charge in [-0.3, -0.25) is 0 Å². The molecule has 0 radical (unpaired) electrons. The zero-order valence-electron chi connectivity index (χ0n) is 11.9. The Hall–Kier alpha value is -1.18. The summed E-state index contributed by atoms with van der Waals surface area (Å²) in [4.78, 5) is 4.24. The quantitative estimate of drug-likeness (QED) is 0.887. The molecule has 0 spiro atoms. The van der Waals surface area contributed by atoms with Gasteiger partial charge in [-0.2, -0.15) is 4.31 Å². The Bertz CT molecular complexity index is 542. The summed E-state index contributed by atoms with van der Waals surface area (Å²) in [5, 5.41) is 2.81. The molecule has 6 nitrogen and oxygen atoms in total. The van der Waals surface area contributed by atoms with Gasteiger partial charge in [-0.1, -0.05) is 0 Å². The third-order valence-electron chi connectivity index (χ3n) is 3.43. The maximum absolute atomic E-state index is 12.6. The molecule has 112 valence electrons.